The highest BCUT2D eigenvalue weighted by Gasteiger charge is 2.21. The van der Waals surface area contributed by atoms with Crippen LogP contribution in [0.3, 0.4) is 0 Å². The zero-order valence-electron chi connectivity index (χ0n) is 10.00. The van der Waals surface area contributed by atoms with E-state index >= 15 is 0 Å². The van der Waals surface area contributed by atoms with Crippen molar-refractivity contribution in [3.63, 3.8) is 0 Å². The van der Waals surface area contributed by atoms with Gasteiger partial charge in [0, 0.05) is 19.6 Å². The molecule has 3 nitrogen and oxygen atoms in total. The second-order valence-electron chi connectivity index (χ2n) is 4.34. The van der Waals surface area contributed by atoms with Gasteiger partial charge in [-0.15, -0.1) is 0 Å². The highest BCUT2D eigenvalue weighted by Crippen LogP contribution is 2.22. The summed E-state index contributed by atoms with van der Waals surface area (Å²) in [5.41, 5.74) is 0.512. The third kappa shape index (κ3) is 2.84. The number of nitrogens with one attached hydrogen (secondary N) is 1. The zero-order valence-corrected chi connectivity index (χ0v) is 10.00. The number of nitriles is 1. The summed E-state index contributed by atoms with van der Waals surface area (Å²) in [6, 6.07) is 5.32. The topological polar surface area (TPSA) is 39.1 Å². The Labute approximate surface area is 105 Å². The van der Waals surface area contributed by atoms with Crippen molar-refractivity contribution < 1.29 is 8.78 Å². The minimum atomic E-state index is -0.902. The summed E-state index contributed by atoms with van der Waals surface area (Å²) in [7, 11) is 0. The molecule has 96 valence electrons. The molecule has 0 amide bonds. The molecule has 0 saturated carbocycles. The molecular formula is C13H15F2N3. The Hall–Kier alpha value is -1.51. The largest absolute Gasteiger partial charge is 0.315 e. The van der Waals surface area contributed by atoms with Gasteiger partial charge in [0.15, 0.2) is 11.6 Å². The molecule has 1 aliphatic heterocycles. The summed E-state index contributed by atoms with van der Waals surface area (Å²) in [5, 5.41) is 12.5. The summed E-state index contributed by atoms with van der Waals surface area (Å²) in [6.07, 6.45) is 0.946. The summed E-state index contributed by atoms with van der Waals surface area (Å²) in [6.45, 7) is 3.25. The highest BCUT2D eigenvalue weighted by molar-refractivity contribution is 5.25. The summed E-state index contributed by atoms with van der Waals surface area (Å²) < 4.78 is 26.1. The molecule has 1 unspecified atom stereocenters. The maximum atomic E-state index is 13.2. The van der Waals surface area contributed by atoms with Crippen molar-refractivity contribution in [1.82, 2.24) is 10.2 Å². The summed E-state index contributed by atoms with van der Waals surface area (Å²) >= 11 is 0. The Morgan fingerprint density at radius 3 is 2.78 bits per heavy atom. The smallest absolute Gasteiger partial charge is 0.159 e. The predicted octanol–water partition coefficient (Wildman–Crippen LogP) is 1.82. The van der Waals surface area contributed by atoms with E-state index in [1.165, 1.54) is 6.07 Å². The standard InChI is InChI=1S/C13H15F2N3/c14-11-3-2-10(8-12(11)15)13(9-16)18-6-1-4-17-5-7-18/h2-3,8,13,17H,1,4-7H2. The number of halogens is 2. The third-order valence-corrected chi connectivity index (χ3v) is 3.12. The first-order valence-corrected chi connectivity index (χ1v) is 6.01. The van der Waals surface area contributed by atoms with Crippen LogP contribution in [0.15, 0.2) is 18.2 Å². The third-order valence-electron chi connectivity index (χ3n) is 3.12. The summed E-state index contributed by atoms with van der Waals surface area (Å²) in [4.78, 5) is 1.99. The summed E-state index contributed by atoms with van der Waals surface area (Å²) in [5.74, 6) is -1.78. The molecule has 2 rings (SSSR count). The molecule has 1 atom stereocenters. The second kappa shape index (κ2) is 5.89. The molecule has 1 aromatic rings. The van der Waals surface area contributed by atoms with Gasteiger partial charge in [0.2, 0.25) is 0 Å². The molecule has 0 radical (unpaired) electrons. The van der Waals surface area contributed by atoms with E-state index in [9.17, 15) is 14.0 Å². The fourth-order valence-electron chi connectivity index (χ4n) is 2.17. The van der Waals surface area contributed by atoms with Crippen molar-refractivity contribution in [3.05, 3.63) is 35.4 Å². The van der Waals surface area contributed by atoms with E-state index in [0.29, 0.717) is 5.56 Å². The Morgan fingerprint density at radius 1 is 1.22 bits per heavy atom. The van der Waals surface area contributed by atoms with Crippen LogP contribution in [0.5, 0.6) is 0 Å². The van der Waals surface area contributed by atoms with Gasteiger partial charge < -0.3 is 5.32 Å². The predicted molar refractivity (Wildman–Crippen MR) is 63.8 cm³/mol. The fraction of sp³-hybridized carbons (Fsp3) is 0.462. The van der Waals surface area contributed by atoms with Crippen LogP contribution in [0.1, 0.15) is 18.0 Å². The number of hydrogen-bond donors (Lipinski definition) is 1. The molecule has 0 aliphatic carbocycles. The minimum Gasteiger partial charge on any atom is -0.315 e. The van der Waals surface area contributed by atoms with E-state index in [0.717, 1.165) is 44.7 Å². The van der Waals surface area contributed by atoms with Gasteiger partial charge in [0.25, 0.3) is 0 Å². The van der Waals surface area contributed by atoms with Gasteiger partial charge in [0.05, 0.1) is 6.07 Å². The fourth-order valence-corrected chi connectivity index (χ4v) is 2.17. The van der Waals surface area contributed by atoms with Crippen molar-refractivity contribution >= 4 is 0 Å². The lowest BCUT2D eigenvalue weighted by atomic mass is 10.1. The van der Waals surface area contributed by atoms with Crippen molar-refractivity contribution in [3.8, 4) is 6.07 Å². The van der Waals surface area contributed by atoms with Crippen LogP contribution in [0.4, 0.5) is 8.78 Å². The van der Waals surface area contributed by atoms with Crippen molar-refractivity contribution in [2.24, 2.45) is 0 Å². The number of nitrogens with zero attached hydrogens (tertiary/aromatic N) is 2. The molecule has 0 spiro atoms. The molecule has 1 N–H and O–H groups in total. The number of rotatable bonds is 2. The second-order valence-corrected chi connectivity index (χ2v) is 4.34. The zero-order chi connectivity index (χ0) is 13.0. The van der Waals surface area contributed by atoms with Gasteiger partial charge in [-0.1, -0.05) is 6.07 Å². The van der Waals surface area contributed by atoms with Crippen molar-refractivity contribution in [2.45, 2.75) is 12.5 Å². The van der Waals surface area contributed by atoms with E-state index in [4.69, 9.17) is 0 Å². The van der Waals surface area contributed by atoms with Crippen molar-refractivity contribution in [1.29, 1.82) is 5.26 Å². The monoisotopic (exact) mass is 251 g/mol. The van der Waals surface area contributed by atoms with E-state index in [2.05, 4.69) is 11.4 Å². The Bertz CT molecular complexity index is 448. The lowest BCUT2D eigenvalue weighted by Crippen LogP contribution is -2.31. The Kier molecular flexibility index (Phi) is 4.24. The maximum absolute atomic E-state index is 13.2. The van der Waals surface area contributed by atoms with Crippen LogP contribution in [0.25, 0.3) is 0 Å². The van der Waals surface area contributed by atoms with Gasteiger partial charge in [0.1, 0.15) is 6.04 Å². The number of benzene rings is 1. The molecule has 0 bridgehead atoms. The first kappa shape index (κ1) is 12.9. The average molecular weight is 251 g/mol. The highest BCUT2D eigenvalue weighted by atomic mass is 19.2. The lowest BCUT2D eigenvalue weighted by Gasteiger charge is -2.25. The number of hydrogen-bond acceptors (Lipinski definition) is 3. The van der Waals surface area contributed by atoms with Crippen LogP contribution < -0.4 is 5.32 Å². The van der Waals surface area contributed by atoms with Gasteiger partial charge >= 0.3 is 0 Å². The van der Waals surface area contributed by atoms with Crippen LogP contribution in [0, 0.1) is 23.0 Å². The van der Waals surface area contributed by atoms with Crippen LogP contribution >= 0.6 is 0 Å². The SMILES string of the molecule is N#CC(c1ccc(F)c(F)c1)N1CCCNCC1. The van der Waals surface area contributed by atoms with Gasteiger partial charge in [-0.2, -0.15) is 5.26 Å². The average Bonchev–Trinajstić information content (AvgIpc) is 2.64. The molecule has 1 aromatic carbocycles. The molecule has 1 fully saturated rings. The van der Waals surface area contributed by atoms with Crippen LogP contribution in [-0.2, 0) is 0 Å². The molecule has 1 aliphatic rings. The Balaban J connectivity index is 2.21. The van der Waals surface area contributed by atoms with Gasteiger partial charge in [-0.25, -0.2) is 8.78 Å². The van der Waals surface area contributed by atoms with Crippen LogP contribution in [0.2, 0.25) is 0 Å². The molecule has 5 heteroatoms. The maximum Gasteiger partial charge on any atom is 0.159 e. The molecule has 0 aromatic heterocycles. The minimum absolute atomic E-state index is 0.512. The Morgan fingerprint density at radius 2 is 2.06 bits per heavy atom. The first-order valence-electron chi connectivity index (χ1n) is 6.01. The molecule has 1 heterocycles. The first-order chi connectivity index (χ1) is 8.72. The van der Waals surface area contributed by atoms with Crippen LogP contribution in [-0.4, -0.2) is 31.1 Å². The van der Waals surface area contributed by atoms with E-state index in [1.807, 2.05) is 4.90 Å². The van der Waals surface area contributed by atoms with E-state index in [1.54, 1.807) is 0 Å². The van der Waals surface area contributed by atoms with E-state index < -0.39 is 17.7 Å². The quantitative estimate of drug-likeness (QED) is 0.871. The molecular weight excluding hydrogens is 236 g/mol. The van der Waals surface area contributed by atoms with Crippen molar-refractivity contribution in [2.75, 3.05) is 26.2 Å². The lowest BCUT2D eigenvalue weighted by molar-refractivity contribution is 0.252. The van der Waals surface area contributed by atoms with E-state index in [-0.39, 0.29) is 0 Å². The molecule has 1 saturated heterocycles. The van der Waals surface area contributed by atoms with Gasteiger partial charge in [-0.05, 0) is 30.7 Å². The normalized spacial score (nSPS) is 18.9. The molecule has 18 heavy (non-hydrogen) atoms. The van der Waals surface area contributed by atoms with Gasteiger partial charge in [-0.3, -0.25) is 4.90 Å².